The first-order valence-electron chi connectivity index (χ1n) is 10.5. The third-order valence-corrected chi connectivity index (χ3v) is 5.71. The molecule has 0 bridgehead atoms. The summed E-state index contributed by atoms with van der Waals surface area (Å²) >= 11 is 0. The molecule has 7 heteroatoms. The standard InChI is InChI=1S/C27H18N4O2.Pt/c32-27(33)22-13-6-12-21(29-22)19-10-5-14-23-25(19)30-26(31(23)18-8-2-1-3-9-18)20-11-4-7-17-15-16-28-24(17)20;/h1-16H,(H2,28,29,30,32,33);/p-1. The van der Waals surface area contributed by atoms with E-state index in [0.717, 1.165) is 44.6 Å². The number of fused-ring (bicyclic) bond motifs is 2. The summed E-state index contributed by atoms with van der Waals surface area (Å²) < 4.78 is 2.11. The number of aromatic carboxylic acids is 1. The van der Waals surface area contributed by atoms with Crippen molar-refractivity contribution in [3.8, 4) is 28.3 Å². The van der Waals surface area contributed by atoms with E-state index in [9.17, 15) is 9.90 Å². The van der Waals surface area contributed by atoms with Crippen molar-refractivity contribution in [1.82, 2.24) is 19.5 Å². The van der Waals surface area contributed by atoms with Crippen LogP contribution >= 0.6 is 0 Å². The number of rotatable bonds is 4. The molecule has 34 heavy (non-hydrogen) atoms. The summed E-state index contributed by atoms with van der Waals surface area (Å²) in [7, 11) is 0. The quantitative estimate of drug-likeness (QED) is 0.278. The van der Waals surface area contributed by atoms with Gasteiger partial charge in [0, 0.05) is 37.9 Å². The molecular formula is C27H17N4O2Pt-. The number of carbonyl (C=O) groups is 1. The number of nitrogens with zero attached hydrogens (tertiary/aromatic N) is 4. The summed E-state index contributed by atoms with van der Waals surface area (Å²) in [5, 5.41) is 10.5. The number of imidazole rings is 1. The summed E-state index contributed by atoms with van der Waals surface area (Å²) in [5.74, 6) is -0.296. The van der Waals surface area contributed by atoms with Crippen LogP contribution in [0.5, 0.6) is 0 Å². The number of pyridine rings is 1. The molecule has 6 aromatic rings. The number of benzene rings is 3. The van der Waals surface area contributed by atoms with Crippen molar-refractivity contribution in [2.24, 2.45) is 0 Å². The Labute approximate surface area is 209 Å². The van der Waals surface area contributed by atoms with Gasteiger partial charge < -0.3 is 10.1 Å². The summed E-state index contributed by atoms with van der Waals surface area (Å²) in [6, 6.07) is 29.0. The van der Waals surface area contributed by atoms with Gasteiger partial charge >= 0.3 is 5.97 Å². The summed E-state index contributed by atoms with van der Waals surface area (Å²) in [5.41, 5.74) is 5.77. The zero-order valence-electron chi connectivity index (χ0n) is 17.7. The van der Waals surface area contributed by atoms with Gasteiger partial charge in [0.25, 0.3) is 0 Å². The molecule has 0 saturated heterocycles. The van der Waals surface area contributed by atoms with Crippen molar-refractivity contribution in [1.29, 1.82) is 0 Å². The SMILES string of the molecule is O=C(O)c1cccc(-c2cccc3c2nc(-c2cccc4cc[n-]c24)n3-c2ccccc2)n1.[Pt]. The minimum atomic E-state index is -1.06. The zero-order valence-corrected chi connectivity index (χ0v) is 20.0. The van der Waals surface area contributed by atoms with Crippen molar-refractivity contribution >= 4 is 27.9 Å². The van der Waals surface area contributed by atoms with E-state index in [2.05, 4.69) is 14.5 Å². The van der Waals surface area contributed by atoms with Gasteiger partial charge in [-0.05, 0) is 35.7 Å². The Morgan fingerprint density at radius 3 is 2.38 bits per heavy atom. The topological polar surface area (TPSA) is 82.1 Å². The molecule has 6 rings (SSSR count). The van der Waals surface area contributed by atoms with Gasteiger partial charge in [0.1, 0.15) is 11.5 Å². The molecule has 0 radical (unpaired) electrons. The van der Waals surface area contributed by atoms with E-state index >= 15 is 0 Å². The van der Waals surface area contributed by atoms with Gasteiger partial charge in [-0.2, -0.15) is 6.20 Å². The van der Waals surface area contributed by atoms with Gasteiger partial charge in [-0.3, -0.25) is 4.57 Å². The Balaban J connectivity index is 0.00000241. The molecule has 0 saturated carbocycles. The maximum atomic E-state index is 11.5. The van der Waals surface area contributed by atoms with Gasteiger partial charge in [-0.25, -0.2) is 14.8 Å². The van der Waals surface area contributed by atoms with E-state index in [1.54, 1.807) is 12.3 Å². The fraction of sp³-hybridized carbons (Fsp3) is 0. The van der Waals surface area contributed by atoms with Gasteiger partial charge in [-0.15, -0.1) is 5.52 Å². The average molecular weight is 625 g/mol. The van der Waals surface area contributed by atoms with Gasteiger partial charge in [0.05, 0.1) is 16.7 Å². The maximum Gasteiger partial charge on any atom is 0.354 e. The maximum absolute atomic E-state index is 11.5. The van der Waals surface area contributed by atoms with Crippen LogP contribution in [-0.4, -0.2) is 25.6 Å². The predicted octanol–water partition coefficient (Wildman–Crippen LogP) is 5.56. The fourth-order valence-corrected chi connectivity index (χ4v) is 4.24. The molecular weight excluding hydrogens is 607 g/mol. The average Bonchev–Trinajstić information content (AvgIpc) is 3.49. The van der Waals surface area contributed by atoms with Gasteiger partial charge in [0.2, 0.25) is 0 Å². The van der Waals surface area contributed by atoms with E-state index in [1.165, 1.54) is 6.07 Å². The predicted molar refractivity (Wildman–Crippen MR) is 128 cm³/mol. The molecule has 0 fully saturated rings. The van der Waals surface area contributed by atoms with Crippen LogP contribution in [0.25, 0.3) is 50.3 Å². The van der Waals surface area contributed by atoms with Crippen LogP contribution in [0.15, 0.2) is 97.2 Å². The molecule has 0 spiro atoms. The molecule has 0 aliphatic rings. The van der Waals surface area contributed by atoms with Crippen LogP contribution < -0.4 is 4.98 Å². The largest absolute Gasteiger partial charge is 0.663 e. The minimum Gasteiger partial charge on any atom is -0.663 e. The molecule has 0 aliphatic heterocycles. The van der Waals surface area contributed by atoms with E-state index in [4.69, 9.17) is 4.98 Å². The number of para-hydroxylation sites is 3. The van der Waals surface area contributed by atoms with Crippen LogP contribution in [0.1, 0.15) is 10.5 Å². The van der Waals surface area contributed by atoms with Crippen molar-refractivity contribution in [3.05, 3.63) is 103 Å². The first-order chi connectivity index (χ1) is 16.2. The third-order valence-electron chi connectivity index (χ3n) is 5.71. The van der Waals surface area contributed by atoms with Crippen LogP contribution in [0.2, 0.25) is 0 Å². The summed E-state index contributed by atoms with van der Waals surface area (Å²) in [6.45, 7) is 0. The van der Waals surface area contributed by atoms with E-state index in [0.29, 0.717) is 5.69 Å². The third kappa shape index (κ3) is 3.53. The fourth-order valence-electron chi connectivity index (χ4n) is 4.24. The first kappa shape index (κ1) is 21.8. The number of hydrogen-bond donors (Lipinski definition) is 1. The summed E-state index contributed by atoms with van der Waals surface area (Å²) in [6.07, 6.45) is 1.80. The second-order valence-electron chi connectivity index (χ2n) is 7.68. The normalized spacial score (nSPS) is 10.9. The van der Waals surface area contributed by atoms with Crippen molar-refractivity contribution in [3.63, 3.8) is 0 Å². The monoisotopic (exact) mass is 624 g/mol. The van der Waals surface area contributed by atoms with Crippen LogP contribution in [0.3, 0.4) is 0 Å². The van der Waals surface area contributed by atoms with E-state index in [-0.39, 0.29) is 26.8 Å². The number of aromatic nitrogens is 4. The Kier molecular flexibility index (Phi) is 5.60. The second kappa shape index (κ2) is 8.73. The molecule has 0 unspecified atom stereocenters. The van der Waals surface area contributed by atoms with E-state index < -0.39 is 5.97 Å². The molecule has 0 atom stereocenters. The first-order valence-corrected chi connectivity index (χ1v) is 10.5. The molecule has 3 aromatic heterocycles. The van der Waals surface area contributed by atoms with Gasteiger partial charge in [-0.1, -0.05) is 60.7 Å². The molecule has 0 amide bonds. The van der Waals surface area contributed by atoms with Crippen molar-refractivity contribution in [2.45, 2.75) is 0 Å². The number of carboxylic acids is 1. The number of carboxylic acid groups (broad SMARTS) is 1. The summed E-state index contributed by atoms with van der Waals surface area (Å²) in [4.78, 5) is 25.5. The second-order valence-corrected chi connectivity index (χ2v) is 7.68. The molecule has 3 aromatic carbocycles. The Hall–Kier alpha value is -4.02. The van der Waals surface area contributed by atoms with Crippen molar-refractivity contribution < 1.29 is 31.0 Å². The molecule has 1 N–H and O–H groups in total. The smallest absolute Gasteiger partial charge is 0.354 e. The van der Waals surface area contributed by atoms with E-state index in [1.807, 2.05) is 78.9 Å². The molecule has 6 nitrogen and oxygen atoms in total. The minimum absolute atomic E-state index is 0. The molecule has 168 valence electrons. The Bertz CT molecular complexity index is 1650. The zero-order chi connectivity index (χ0) is 22.4. The van der Waals surface area contributed by atoms with Crippen LogP contribution in [-0.2, 0) is 21.1 Å². The molecule has 3 heterocycles. The van der Waals surface area contributed by atoms with Crippen LogP contribution in [0, 0.1) is 0 Å². The number of hydrogen-bond acceptors (Lipinski definition) is 3. The van der Waals surface area contributed by atoms with Gasteiger partial charge in [0.15, 0.2) is 0 Å². The molecule has 0 aliphatic carbocycles. The van der Waals surface area contributed by atoms with Crippen molar-refractivity contribution in [2.75, 3.05) is 0 Å². The van der Waals surface area contributed by atoms with Crippen LogP contribution in [0.4, 0.5) is 0 Å². The Morgan fingerprint density at radius 1 is 0.794 bits per heavy atom. The Morgan fingerprint density at radius 2 is 1.56 bits per heavy atom.